The molecule has 0 atom stereocenters. The van der Waals surface area contributed by atoms with Crippen molar-refractivity contribution in [2.75, 3.05) is 74.4 Å². The van der Waals surface area contributed by atoms with Gasteiger partial charge in [-0.1, -0.05) is 168 Å². The number of oxime groups is 1. The predicted molar refractivity (Wildman–Crippen MR) is 386 cm³/mol. The first-order valence-electron chi connectivity index (χ1n) is 28.5. The van der Waals surface area contributed by atoms with Crippen molar-refractivity contribution in [2.24, 2.45) is 22.8 Å². The van der Waals surface area contributed by atoms with Crippen LogP contribution < -0.4 is 33.7 Å². The number of nitrogens with one attached hydrogen (secondary N) is 3. The van der Waals surface area contributed by atoms with Gasteiger partial charge in [0.1, 0.15) is 32.2 Å². The first-order valence-corrected chi connectivity index (χ1v) is 34.4. The van der Waals surface area contributed by atoms with E-state index < -0.39 is 68.6 Å². The lowest BCUT2D eigenvalue weighted by Crippen LogP contribution is -2.29. The number of ketones is 1. The number of hydroxylamine groups is 4. The second-order valence-electron chi connectivity index (χ2n) is 18.1. The highest BCUT2D eigenvalue weighted by Gasteiger charge is 2.36. The molecular weight excluding hydrogens is 1530 g/mol. The molecule has 2 aliphatic rings. The Kier molecular flexibility index (Phi) is 64.3. The SMILES string of the molecule is CC.CC(C)(C)OC(=O)Nc1nc(C(=O)C(=O)O)c(Cl)s1.CCBr.CCN(CC)CC.CCO/N=C(\C(=O)O)c1nc(NC(=O)OC(C)(C)C)sc1Cl.CCON.CCON.CCON1C(=O)c2ccccc2C1=O.CNN.ClC(Cl)Cl.ClCCl.O=C1c2ccccc2C(=O)N1O. The minimum atomic E-state index is -1.67. The number of carboxylic acid groups (broad SMARTS) is 2. The molecule has 0 bridgehead atoms. The first-order chi connectivity index (χ1) is 45.4. The van der Waals surface area contributed by atoms with Gasteiger partial charge in [0.05, 0.1) is 47.4 Å². The number of ether oxygens (including phenoxy) is 2. The molecule has 12 N–H and O–H groups in total. The number of anilines is 2. The van der Waals surface area contributed by atoms with Crippen LogP contribution in [0.2, 0.25) is 8.67 Å². The zero-order chi connectivity index (χ0) is 76.8. The highest BCUT2D eigenvalue weighted by atomic mass is 79.9. The number of fused-ring (bicyclic) bond motifs is 2. The molecule has 40 heteroatoms. The van der Waals surface area contributed by atoms with Gasteiger partial charge in [-0.25, -0.2) is 40.9 Å². The standard InChI is InChI=1S/C12H16ClN3O5S.C10H11ClN2O5S.C10H9NO3.C8H5NO3.C6H15N.C2H5Br.2C2H7NO.C2H6.CHCl3.CH2Cl2.CH6N2/c1-5-20-16-7(9(17)18)6-8(13)22-10(14-6)15-11(19)21-12(2,3)4;1-10(2,3)18-9(17)13-8-12-4(6(11)19-8)5(14)7(15)16;1-2-14-11-9(12)7-5-3-4-6-8(7)10(11)13;10-7-5-3-1-2-4-6(5)8(11)9(7)12;1-4-7(5-2)6-3;1-2-3;2*1-2-4-3;1-2;2-1(3)4;2-1-3;1-3-2/h5H2,1-4H3,(H,17,18)(H,14,15,19);1-3H3,(H,15,16)(H,12,13,17);3-6H,2H2,1H3;1-4,12H;4-6H2,1-3H3;2H2,1H3;2*2-3H2,1H3;1-2H3;1H;1H2;3H,2H2,1H3/b16-7-;;;;;;;;;;;. The van der Waals surface area contributed by atoms with Gasteiger partial charge in [0, 0.05) is 5.33 Å². The minimum Gasteiger partial charge on any atom is -0.476 e. The zero-order valence-electron chi connectivity index (χ0n) is 56.8. The number of alkyl halides is 6. The molecule has 0 saturated heterocycles. The van der Waals surface area contributed by atoms with Gasteiger partial charge >= 0.3 is 24.1 Å². The second kappa shape index (κ2) is 60.7. The number of hydrogen-bond acceptors (Lipinski definition) is 26. The van der Waals surface area contributed by atoms with Crippen LogP contribution >= 0.6 is 120 Å². The van der Waals surface area contributed by atoms with Crippen LogP contribution in [0.15, 0.2) is 53.7 Å². The molecule has 4 heterocycles. The Hall–Kier alpha value is -5.25. The van der Waals surface area contributed by atoms with E-state index in [0.717, 1.165) is 33.1 Å². The maximum Gasteiger partial charge on any atom is 0.413 e. The van der Waals surface area contributed by atoms with Crippen molar-refractivity contribution in [3.8, 4) is 0 Å². The average molecular weight is 1620 g/mol. The quantitative estimate of drug-likeness (QED) is 0.00780. The van der Waals surface area contributed by atoms with E-state index in [1.807, 2.05) is 34.6 Å². The van der Waals surface area contributed by atoms with Gasteiger partial charge < -0.3 is 39.1 Å². The molecule has 0 fully saturated rings. The molecule has 6 amide bonds. The van der Waals surface area contributed by atoms with Crippen LogP contribution in [0.3, 0.4) is 0 Å². The Labute approximate surface area is 617 Å². The summed E-state index contributed by atoms with van der Waals surface area (Å²) in [4.78, 5) is 129. The number of benzene rings is 2. The maximum absolute atomic E-state index is 11.6. The summed E-state index contributed by atoms with van der Waals surface area (Å²) in [6, 6.07) is 13.0. The van der Waals surface area contributed by atoms with E-state index in [-0.39, 0.29) is 64.6 Å². The molecule has 30 nitrogen and oxygen atoms in total. The summed E-state index contributed by atoms with van der Waals surface area (Å²) in [5, 5.41) is 37.0. The fourth-order valence-corrected chi connectivity index (χ4v) is 7.51. The highest BCUT2D eigenvalue weighted by molar-refractivity contribution is 9.09. The summed E-state index contributed by atoms with van der Waals surface area (Å²) in [5.41, 5.74) is 1.28. The number of nitrogens with zero attached hydrogens (tertiary/aromatic N) is 6. The van der Waals surface area contributed by atoms with E-state index in [1.165, 1.54) is 31.8 Å². The predicted octanol–water partition coefficient (Wildman–Crippen LogP) is 13.3. The Morgan fingerprint density at radius 2 is 0.938 bits per heavy atom. The number of amides is 6. The lowest BCUT2D eigenvalue weighted by molar-refractivity contribution is -0.132. The third kappa shape index (κ3) is 48.2. The molecule has 2 aromatic carbocycles. The van der Waals surface area contributed by atoms with Crippen molar-refractivity contribution in [1.82, 2.24) is 30.4 Å². The summed E-state index contributed by atoms with van der Waals surface area (Å²) >= 11 is 40.4. The number of nitrogens with two attached hydrogens (primary N) is 3. The van der Waals surface area contributed by atoms with E-state index >= 15 is 0 Å². The third-order valence-electron chi connectivity index (χ3n) is 8.97. The van der Waals surface area contributed by atoms with Gasteiger partial charge in [-0.3, -0.25) is 55.9 Å². The van der Waals surface area contributed by atoms with Crippen molar-refractivity contribution in [3.63, 3.8) is 0 Å². The van der Waals surface area contributed by atoms with Gasteiger partial charge in [-0.05, 0) is 120 Å². The molecule has 2 aromatic heterocycles. The first kappa shape index (κ1) is 103. The van der Waals surface area contributed by atoms with E-state index in [2.05, 4.69) is 100 Å². The molecule has 0 spiro atoms. The van der Waals surface area contributed by atoms with Gasteiger partial charge in [-0.15, -0.1) is 33.3 Å². The largest absolute Gasteiger partial charge is 0.476 e. The Morgan fingerprint density at radius 3 is 1.19 bits per heavy atom. The normalized spacial score (nSPS) is 11.2. The number of hydrazine groups is 1. The lowest BCUT2D eigenvalue weighted by Gasteiger charge is -2.18. The molecule has 0 saturated carbocycles. The van der Waals surface area contributed by atoms with Gasteiger partial charge in [-0.2, -0.15) is 0 Å². The molecule has 2 aliphatic heterocycles. The molecule has 4 aromatic rings. The number of carboxylic acids is 2. The van der Waals surface area contributed by atoms with Crippen molar-refractivity contribution in [3.05, 3.63) is 90.8 Å². The summed E-state index contributed by atoms with van der Waals surface area (Å²) in [7, 11) is 1.65. The van der Waals surface area contributed by atoms with E-state index in [1.54, 1.807) is 98.8 Å². The topological polar surface area (TPSA) is 432 Å². The van der Waals surface area contributed by atoms with E-state index in [0.29, 0.717) is 30.9 Å². The zero-order valence-corrected chi connectivity index (χ0v) is 65.3. The van der Waals surface area contributed by atoms with Crippen molar-refractivity contribution in [1.29, 1.82) is 0 Å². The fourth-order valence-electron chi connectivity index (χ4n) is 5.45. The van der Waals surface area contributed by atoms with Crippen LogP contribution in [0.4, 0.5) is 19.9 Å². The van der Waals surface area contributed by atoms with Crippen molar-refractivity contribution in [2.45, 2.75) is 126 Å². The van der Waals surface area contributed by atoms with Crippen molar-refractivity contribution >= 4 is 189 Å². The van der Waals surface area contributed by atoms with Crippen LogP contribution in [-0.4, -0.2) is 179 Å². The van der Waals surface area contributed by atoms with E-state index in [9.17, 15) is 43.2 Å². The molecule has 0 radical (unpaired) electrons. The molecule has 554 valence electrons. The number of aromatic nitrogens is 2. The lowest BCUT2D eigenvalue weighted by atomic mass is 10.1. The number of aliphatic carboxylic acids is 2. The number of thiazole rings is 2. The summed E-state index contributed by atoms with van der Waals surface area (Å²) in [6.45, 7) is 35.1. The number of imide groups is 2. The number of carbonyl (C=O) groups excluding carboxylic acids is 7. The van der Waals surface area contributed by atoms with Crippen LogP contribution in [0.1, 0.15) is 168 Å². The van der Waals surface area contributed by atoms with Gasteiger partial charge in [0.2, 0.25) is 5.71 Å². The van der Waals surface area contributed by atoms with Crippen LogP contribution in [-0.2, 0) is 38.4 Å². The molecule has 97 heavy (non-hydrogen) atoms. The Balaban J connectivity index is -0.000000252. The van der Waals surface area contributed by atoms with Crippen LogP contribution in [0.25, 0.3) is 0 Å². The smallest absolute Gasteiger partial charge is 0.413 e. The average Bonchev–Trinajstić information content (AvgIpc) is 1.67. The number of rotatable bonds is 15. The monoisotopic (exact) mass is 1620 g/mol. The molecule has 0 unspecified atom stereocenters. The number of carbonyl (C=O) groups is 9. The van der Waals surface area contributed by atoms with Crippen LogP contribution in [0.5, 0.6) is 0 Å². The Bertz CT molecular complexity index is 2850. The second-order valence-corrected chi connectivity index (χ2v) is 25.2. The van der Waals surface area contributed by atoms with E-state index in [4.69, 9.17) is 116 Å². The van der Waals surface area contributed by atoms with Gasteiger partial charge in [0.25, 0.3) is 29.4 Å². The number of hydrogen-bond donors (Lipinski definition) is 9. The number of Topliss-reactive ketones (excluding diaryl/α,β-unsaturated/α-hetero) is 1. The van der Waals surface area contributed by atoms with Crippen molar-refractivity contribution < 1.29 is 87.4 Å². The summed E-state index contributed by atoms with van der Waals surface area (Å²) < 4.78 is 9.24. The van der Waals surface area contributed by atoms with Crippen LogP contribution in [0, 0.1) is 0 Å². The third-order valence-corrected chi connectivity index (χ3v) is 11.3. The summed E-state index contributed by atoms with van der Waals surface area (Å²) in [6.07, 6.45) is -1.49. The Morgan fingerprint density at radius 1 is 0.639 bits per heavy atom. The molecular formula is C57H90BrCl7N12O18S2. The molecule has 6 rings (SSSR count). The van der Waals surface area contributed by atoms with Gasteiger partial charge in [0.15, 0.2) is 20.3 Å². The highest BCUT2D eigenvalue weighted by Crippen LogP contribution is 2.31. The fraction of sp³-hybridized carbons (Fsp3) is 0.509. The maximum atomic E-state index is 11.6. The minimum absolute atomic E-state index is 0.0103. The number of halogens is 8. The molecule has 0 aliphatic carbocycles. The summed E-state index contributed by atoms with van der Waals surface area (Å²) in [5.74, 6) is 7.32.